The summed E-state index contributed by atoms with van der Waals surface area (Å²) >= 11 is 5.82. The van der Waals surface area contributed by atoms with Crippen LogP contribution in [0.25, 0.3) is 0 Å². The molecule has 1 heterocycles. The topological polar surface area (TPSA) is 44.1 Å². The molecule has 0 spiro atoms. The van der Waals surface area contributed by atoms with Crippen LogP contribution in [-0.4, -0.2) is 23.4 Å². The maximum atomic E-state index is 13.6. The maximum absolute atomic E-state index is 13.6. The van der Waals surface area contributed by atoms with E-state index in [1.54, 1.807) is 0 Å². The fourth-order valence-electron chi connectivity index (χ4n) is 1.99. The van der Waals surface area contributed by atoms with Crippen molar-refractivity contribution in [1.29, 1.82) is 5.26 Å². The van der Waals surface area contributed by atoms with Gasteiger partial charge in [0.2, 0.25) is 0 Å². The minimum atomic E-state index is -0.647. The minimum Gasteiger partial charge on any atom is -0.322 e. The van der Waals surface area contributed by atoms with Crippen LogP contribution in [0.2, 0.25) is 5.02 Å². The molecule has 0 N–H and O–H groups in total. The van der Waals surface area contributed by atoms with Crippen LogP contribution in [0.4, 0.5) is 4.39 Å². The number of amides is 1. The van der Waals surface area contributed by atoms with Gasteiger partial charge in [0, 0.05) is 6.54 Å². The maximum Gasteiger partial charge on any atom is 0.259 e. The molecule has 1 aliphatic rings. The molecule has 1 unspecified atom stereocenters. The second kappa shape index (κ2) is 4.72. The molecular weight excluding hydrogens is 243 g/mol. The molecule has 2 rings (SSSR count). The van der Waals surface area contributed by atoms with E-state index in [0.29, 0.717) is 13.0 Å². The number of likely N-dealkylation sites (tertiary alicyclic amines) is 1. The highest BCUT2D eigenvalue weighted by atomic mass is 35.5. The van der Waals surface area contributed by atoms with E-state index in [2.05, 4.69) is 0 Å². The summed E-state index contributed by atoms with van der Waals surface area (Å²) in [4.78, 5) is 13.5. The second-order valence-corrected chi connectivity index (χ2v) is 4.29. The van der Waals surface area contributed by atoms with Crippen molar-refractivity contribution in [3.8, 4) is 6.07 Å². The smallest absolute Gasteiger partial charge is 0.259 e. The Balaban J connectivity index is 2.35. The lowest BCUT2D eigenvalue weighted by Crippen LogP contribution is -2.35. The van der Waals surface area contributed by atoms with Crippen molar-refractivity contribution in [3.63, 3.8) is 0 Å². The first kappa shape index (κ1) is 11.9. The molecule has 1 aromatic rings. The number of carbonyl (C=O) groups excluding carboxylic acids is 1. The minimum absolute atomic E-state index is 0.0820. The predicted octanol–water partition coefficient (Wildman–Crippen LogP) is 2.61. The molecule has 1 atom stereocenters. The molecule has 0 aromatic heterocycles. The number of rotatable bonds is 1. The van der Waals surface area contributed by atoms with E-state index in [9.17, 15) is 9.18 Å². The van der Waals surface area contributed by atoms with Crippen molar-refractivity contribution in [3.05, 3.63) is 34.6 Å². The van der Waals surface area contributed by atoms with Gasteiger partial charge in [0.15, 0.2) is 0 Å². The lowest BCUT2D eigenvalue weighted by Gasteiger charge is -2.20. The monoisotopic (exact) mass is 252 g/mol. The number of benzene rings is 1. The summed E-state index contributed by atoms with van der Waals surface area (Å²) in [5.41, 5.74) is -0.142. The van der Waals surface area contributed by atoms with Gasteiger partial charge in [-0.05, 0) is 25.0 Å². The van der Waals surface area contributed by atoms with Crippen LogP contribution in [0.15, 0.2) is 18.2 Å². The van der Waals surface area contributed by atoms with Gasteiger partial charge in [-0.15, -0.1) is 0 Å². The second-order valence-electron chi connectivity index (χ2n) is 3.88. The summed E-state index contributed by atoms with van der Waals surface area (Å²) in [5, 5.41) is 8.98. The van der Waals surface area contributed by atoms with Crippen LogP contribution in [0.3, 0.4) is 0 Å². The van der Waals surface area contributed by atoms with Crippen molar-refractivity contribution in [2.75, 3.05) is 6.54 Å². The third-order valence-electron chi connectivity index (χ3n) is 2.84. The van der Waals surface area contributed by atoms with E-state index >= 15 is 0 Å². The average molecular weight is 253 g/mol. The molecule has 5 heteroatoms. The van der Waals surface area contributed by atoms with Crippen LogP contribution in [-0.2, 0) is 0 Å². The molecule has 0 radical (unpaired) electrons. The summed E-state index contributed by atoms with van der Waals surface area (Å²) < 4.78 is 13.6. The molecule has 3 nitrogen and oxygen atoms in total. The zero-order valence-electron chi connectivity index (χ0n) is 8.99. The van der Waals surface area contributed by atoms with E-state index in [4.69, 9.17) is 16.9 Å². The van der Waals surface area contributed by atoms with Crippen LogP contribution in [0.1, 0.15) is 23.2 Å². The number of nitriles is 1. The van der Waals surface area contributed by atoms with Gasteiger partial charge in [-0.3, -0.25) is 4.79 Å². The molecule has 0 bridgehead atoms. The Bertz CT molecular complexity index is 478. The quantitative estimate of drug-likeness (QED) is 0.771. The van der Waals surface area contributed by atoms with Crippen LogP contribution in [0.5, 0.6) is 0 Å². The van der Waals surface area contributed by atoms with Gasteiger partial charge in [-0.1, -0.05) is 17.7 Å². The number of hydrogen-bond acceptors (Lipinski definition) is 2. The van der Waals surface area contributed by atoms with Gasteiger partial charge in [0.25, 0.3) is 5.91 Å². The fourth-order valence-corrected chi connectivity index (χ4v) is 2.23. The van der Waals surface area contributed by atoms with E-state index in [0.717, 1.165) is 6.42 Å². The highest BCUT2D eigenvalue weighted by Gasteiger charge is 2.31. The molecule has 0 saturated carbocycles. The van der Waals surface area contributed by atoms with Crippen LogP contribution < -0.4 is 0 Å². The molecule has 1 amide bonds. The Morgan fingerprint density at radius 3 is 3.00 bits per heavy atom. The average Bonchev–Trinajstić information content (AvgIpc) is 2.76. The third kappa shape index (κ3) is 2.11. The Hall–Kier alpha value is -1.60. The zero-order chi connectivity index (χ0) is 12.4. The van der Waals surface area contributed by atoms with Gasteiger partial charge in [0.1, 0.15) is 11.9 Å². The van der Waals surface area contributed by atoms with E-state index in [-0.39, 0.29) is 10.6 Å². The van der Waals surface area contributed by atoms with Crippen molar-refractivity contribution < 1.29 is 9.18 Å². The van der Waals surface area contributed by atoms with Crippen molar-refractivity contribution in [2.24, 2.45) is 0 Å². The van der Waals surface area contributed by atoms with Crippen LogP contribution >= 0.6 is 11.6 Å². The summed E-state index contributed by atoms with van der Waals surface area (Å²) in [7, 11) is 0. The lowest BCUT2D eigenvalue weighted by atomic mass is 10.1. The molecule has 0 aliphatic carbocycles. The molecule has 88 valence electrons. The van der Waals surface area contributed by atoms with Crippen molar-refractivity contribution in [1.82, 2.24) is 4.90 Å². The standard InChI is InChI=1S/C12H10ClFN2O/c13-9-4-1-5-10(14)11(9)12(17)16-6-2-3-8(16)7-15/h1,4-5,8H,2-3,6H2. The number of carbonyl (C=O) groups is 1. The Morgan fingerprint density at radius 1 is 1.59 bits per heavy atom. The SMILES string of the molecule is N#CC1CCCN1C(=O)c1c(F)cccc1Cl. The van der Waals surface area contributed by atoms with E-state index in [1.165, 1.54) is 23.1 Å². The normalized spacial score (nSPS) is 19.1. The highest BCUT2D eigenvalue weighted by Crippen LogP contribution is 2.25. The lowest BCUT2D eigenvalue weighted by molar-refractivity contribution is 0.0760. The predicted molar refractivity (Wildman–Crippen MR) is 61.1 cm³/mol. The van der Waals surface area contributed by atoms with E-state index < -0.39 is 17.8 Å². The third-order valence-corrected chi connectivity index (χ3v) is 3.15. The van der Waals surface area contributed by atoms with Gasteiger partial charge in [0.05, 0.1) is 16.7 Å². The van der Waals surface area contributed by atoms with Gasteiger partial charge in [-0.25, -0.2) is 4.39 Å². The summed E-state index contributed by atoms with van der Waals surface area (Å²) in [6, 6.07) is 5.67. The van der Waals surface area contributed by atoms with Crippen molar-refractivity contribution >= 4 is 17.5 Å². The van der Waals surface area contributed by atoms with Gasteiger partial charge >= 0.3 is 0 Å². The molecule has 1 aliphatic heterocycles. The molecule has 1 fully saturated rings. The van der Waals surface area contributed by atoms with Crippen LogP contribution in [0, 0.1) is 17.1 Å². The first-order valence-corrected chi connectivity index (χ1v) is 5.67. The Morgan fingerprint density at radius 2 is 2.35 bits per heavy atom. The zero-order valence-corrected chi connectivity index (χ0v) is 9.75. The van der Waals surface area contributed by atoms with Gasteiger partial charge in [-0.2, -0.15) is 5.26 Å². The van der Waals surface area contributed by atoms with E-state index in [1.807, 2.05) is 6.07 Å². The number of hydrogen-bond donors (Lipinski definition) is 0. The summed E-state index contributed by atoms with van der Waals surface area (Å²) in [6.45, 7) is 0.474. The molecule has 17 heavy (non-hydrogen) atoms. The van der Waals surface area contributed by atoms with Crippen molar-refractivity contribution in [2.45, 2.75) is 18.9 Å². The van der Waals surface area contributed by atoms with Gasteiger partial charge < -0.3 is 4.90 Å². The Kier molecular flexibility index (Phi) is 3.30. The fraction of sp³-hybridized carbons (Fsp3) is 0.333. The Labute approximate surface area is 103 Å². The molecule has 1 saturated heterocycles. The first-order valence-electron chi connectivity index (χ1n) is 5.29. The number of halogens is 2. The summed E-state index contributed by atoms with van der Waals surface area (Å²) in [6.07, 6.45) is 1.39. The molecular formula is C12H10ClFN2O. The highest BCUT2D eigenvalue weighted by molar-refractivity contribution is 6.33. The largest absolute Gasteiger partial charge is 0.322 e. The molecule has 1 aromatic carbocycles. The number of nitrogens with zero attached hydrogens (tertiary/aromatic N) is 2. The summed E-state index contributed by atoms with van der Waals surface area (Å²) in [5.74, 6) is -1.15. The first-order chi connectivity index (χ1) is 8.15.